The minimum absolute atomic E-state index is 0.134. The molecule has 1 aromatic carbocycles. The number of nitrogens with one attached hydrogen (secondary N) is 1. The van der Waals surface area contributed by atoms with E-state index in [9.17, 15) is 9.59 Å². The number of aromatic nitrogens is 2. The minimum atomic E-state index is -0.989. The molecule has 0 saturated carbocycles. The summed E-state index contributed by atoms with van der Waals surface area (Å²) in [6.45, 7) is 4.37. The first-order chi connectivity index (χ1) is 9.95. The monoisotopic (exact) mass is 287 g/mol. The van der Waals surface area contributed by atoms with E-state index in [1.54, 1.807) is 16.8 Å². The van der Waals surface area contributed by atoms with E-state index in [0.29, 0.717) is 18.7 Å². The normalized spacial score (nSPS) is 10.4. The Labute approximate surface area is 122 Å². The fourth-order valence-corrected chi connectivity index (χ4v) is 2.03. The van der Waals surface area contributed by atoms with Crippen molar-refractivity contribution in [1.29, 1.82) is 0 Å². The molecular weight excluding hydrogens is 270 g/mol. The zero-order valence-electron chi connectivity index (χ0n) is 12.0. The smallest absolute Gasteiger partial charge is 0.335 e. The standard InChI is InChI=1S/C15H17N3O3/c1-10-9-11(2)18(17-10)8-7-14(19)16-13-5-3-12(4-6-13)15(20)21/h3-6,9H,7-8H2,1-2H3,(H,16,19)(H,20,21). The number of aromatic carboxylic acids is 1. The van der Waals surface area contributed by atoms with E-state index < -0.39 is 5.97 Å². The van der Waals surface area contributed by atoms with Gasteiger partial charge in [-0.3, -0.25) is 9.48 Å². The maximum atomic E-state index is 11.9. The number of carboxylic acids is 1. The topological polar surface area (TPSA) is 84.2 Å². The van der Waals surface area contributed by atoms with Crippen molar-refractivity contribution in [3.8, 4) is 0 Å². The molecule has 0 bridgehead atoms. The van der Waals surface area contributed by atoms with E-state index in [0.717, 1.165) is 11.4 Å². The summed E-state index contributed by atoms with van der Waals surface area (Å²) in [5, 5.41) is 15.8. The van der Waals surface area contributed by atoms with E-state index in [1.807, 2.05) is 19.9 Å². The fourth-order valence-electron chi connectivity index (χ4n) is 2.03. The van der Waals surface area contributed by atoms with Crippen molar-refractivity contribution in [3.05, 3.63) is 47.3 Å². The molecule has 0 saturated heterocycles. The number of aryl methyl sites for hydroxylation is 3. The Morgan fingerprint density at radius 3 is 2.43 bits per heavy atom. The Morgan fingerprint density at radius 1 is 1.24 bits per heavy atom. The van der Waals surface area contributed by atoms with E-state index >= 15 is 0 Å². The molecule has 21 heavy (non-hydrogen) atoms. The Hall–Kier alpha value is -2.63. The van der Waals surface area contributed by atoms with Gasteiger partial charge >= 0.3 is 5.97 Å². The molecule has 6 nitrogen and oxygen atoms in total. The van der Waals surface area contributed by atoms with Gasteiger partial charge in [0.05, 0.1) is 11.3 Å². The number of carboxylic acid groups (broad SMARTS) is 1. The number of hydrogen-bond acceptors (Lipinski definition) is 3. The Bertz CT molecular complexity index is 659. The Kier molecular flexibility index (Phi) is 4.37. The maximum Gasteiger partial charge on any atom is 0.335 e. The van der Waals surface area contributed by atoms with Crippen molar-refractivity contribution in [2.45, 2.75) is 26.8 Å². The number of hydrogen-bond donors (Lipinski definition) is 2. The van der Waals surface area contributed by atoms with Crippen molar-refractivity contribution in [2.75, 3.05) is 5.32 Å². The highest BCUT2D eigenvalue weighted by Crippen LogP contribution is 2.10. The molecule has 0 unspecified atom stereocenters. The number of rotatable bonds is 5. The lowest BCUT2D eigenvalue weighted by molar-refractivity contribution is -0.116. The van der Waals surface area contributed by atoms with E-state index in [2.05, 4.69) is 10.4 Å². The van der Waals surface area contributed by atoms with E-state index in [-0.39, 0.29) is 11.5 Å². The van der Waals surface area contributed by atoms with Gasteiger partial charge in [0.2, 0.25) is 5.91 Å². The molecule has 2 N–H and O–H groups in total. The third-order valence-corrected chi connectivity index (χ3v) is 3.07. The molecule has 1 amide bonds. The average Bonchev–Trinajstić information content (AvgIpc) is 2.75. The van der Waals surface area contributed by atoms with Crippen LogP contribution in [0.1, 0.15) is 28.2 Å². The highest BCUT2D eigenvalue weighted by Gasteiger charge is 2.07. The zero-order chi connectivity index (χ0) is 15.4. The van der Waals surface area contributed by atoms with Gasteiger partial charge in [0.1, 0.15) is 0 Å². The van der Waals surface area contributed by atoms with Gasteiger partial charge in [0.15, 0.2) is 0 Å². The van der Waals surface area contributed by atoms with Gasteiger partial charge < -0.3 is 10.4 Å². The predicted octanol–water partition coefficient (Wildman–Crippen LogP) is 2.23. The van der Waals surface area contributed by atoms with Crippen molar-refractivity contribution >= 4 is 17.6 Å². The van der Waals surface area contributed by atoms with Crippen LogP contribution in [0, 0.1) is 13.8 Å². The van der Waals surface area contributed by atoms with Crippen LogP contribution in [0.2, 0.25) is 0 Å². The Morgan fingerprint density at radius 2 is 1.90 bits per heavy atom. The van der Waals surface area contributed by atoms with E-state index in [4.69, 9.17) is 5.11 Å². The summed E-state index contributed by atoms with van der Waals surface area (Å²) in [5.74, 6) is -1.12. The van der Waals surface area contributed by atoms with Crippen LogP contribution in [-0.2, 0) is 11.3 Å². The molecule has 0 radical (unpaired) electrons. The van der Waals surface area contributed by atoms with Crippen LogP contribution in [0.5, 0.6) is 0 Å². The summed E-state index contributed by atoms with van der Waals surface area (Å²) in [6, 6.07) is 8.02. The molecule has 0 aliphatic carbocycles. The van der Waals surface area contributed by atoms with Gasteiger partial charge in [-0.05, 0) is 44.2 Å². The lowest BCUT2D eigenvalue weighted by Crippen LogP contribution is -2.15. The number of carbonyl (C=O) groups is 2. The quantitative estimate of drug-likeness (QED) is 0.883. The Balaban J connectivity index is 1.89. The summed E-state index contributed by atoms with van der Waals surface area (Å²) in [4.78, 5) is 22.6. The lowest BCUT2D eigenvalue weighted by Gasteiger charge is -2.07. The third-order valence-electron chi connectivity index (χ3n) is 3.07. The number of anilines is 1. The minimum Gasteiger partial charge on any atom is -0.478 e. The highest BCUT2D eigenvalue weighted by atomic mass is 16.4. The summed E-state index contributed by atoms with van der Waals surface area (Å²) in [5.41, 5.74) is 2.72. The van der Waals surface area contributed by atoms with Gasteiger partial charge in [-0.15, -0.1) is 0 Å². The van der Waals surface area contributed by atoms with Crippen LogP contribution < -0.4 is 5.32 Å². The van der Waals surface area contributed by atoms with Gasteiger partial charge in [0, 0.05) is 24.3 Å². The number of carbonyl (C=O) groups excluding carboxylic acids is 1. The summed E-state index contributed by atoms with van der Waals surface area (Å²) < 4.78 is 1.79. The molecular formula is C15H17N3O3. The summed E-state index contributed by atoms with van der Waals surface area (Å²) in [7, 11) is 0. The van der Waals surface area contributed by atoms with Crippen LogP contribution in [0.15, 0.2) is 30.3 Å². The summed E-state index contributed by atoms with van der Waals surface area (Å²) in [6.07, 6.45) is 0.308. The fraction of sp³-hybridized carbons (Fsp3) is 0.267. The average molecular weight is 287 g/mol. The molecule has 0 atom stereocenters. The second kappa shape index (κ2) is 6.21. The second-order valence-corrected chi connectivity index (χ2v) is 4.83. The van der Waals surface area contributed by atoms with Gasteiger partial charge in [0.25, 0.3) is 0 Å². The maximum absolute atomic E-state index is 11.9. The molecule has 0 fully saturated rings. The molecule has 110 valence electrons. The SMILES string of the molecule is Cc1cc(C)n(CCC(=O)Nc2ccc(C(=O)O)cc2)n1. The van der Waals surface area contributed by atoms with Crippen LogP contribution >= 0.6 is 0 Å². The van der Waals surface area contributed by atoms with Crippen molar-refractivity contribution < 1.29 is 14.7 Å². The molecule has 1 aromatic heterocycles. The van der Waals surface area contributed by atoms with Gasteiger partial charge in [-0.2, -0.15) is 5.10 Å². The van der Waals surface area contributed by atoms with Crippen LogP contribution in [-0.4, -0.2) is 26.8 Å². The molecule has 2 aromatic rings. The molecule has 0 spiro atoms. The van der Waals surface area contributed by atoms with Crippen molar-refractivity contribution in [3.63, 3.8) is 0 Å². The van der Waals surface area contributed by atoms with Crippen LogP contribution in [0.25, 0.3) is 0 Å². The third kappa shape index (κ3) is 3.92. The van der Waals surface area contributed by atoms with Crippen molar-refractivity contribution in [1.82, 2.24) is 9.78 Å². The molecule has 0 aliphatic rings. The number of amides is 1. The highest BCUT2D eigenvalue weighted by molar-refractivity contribution is 5.92. The lowest BCUT2D eigenvalue weighted by atomic mass is 10.2. The first kappa shape index (κ1) is 14.8. The first-order valence-electron chi connectivity index (χ1n) is 6.60. The zero-order valence-corrected chi connectivity index (χ0v) is 12.0. The van der Waals surface area contributed by atoms with Gasteiger partial charge in [-0.1, -0.05) is 0 Å². The van der Waals surface area contributed by atoms with E-state index in [1.165, 1.54) is 12.1 Å². The van der Waals surface area contributed by atoms with Gasteiger partial charge in [-0.25, -0.2) is 4.79 Å². The largest absolute Gasteiger partial charge is 0.478 e. The van der Waals surface area contributed by atoms with Crippen molar-refractivity contribution in [2.24, 2.45) is 0 Å². The number of nitrogens with zero attached hydrogens (tertiary/aromatic N) is 2. The molecule has 0 aliphatic heterocycles. The number of benzene rings is 1. The van der Waals surface area contributed by atoms with Crippen LogP contribution in [0.4, 0.5) is 5.69 Å². The van der Waals surface area contributed by atoms with Crippen LogP contribution in [0.3, 0.4) is 0 Å². The molecule has 6 heteroatoms. The second-order valence-electron chi connectivity index (χ2n) is 4.83. The predicted molar refractivity (Wildman–Crippen MR) is 78.3 cm³/mol. The molecule has 2 rings (SSSR count). The first-order valence-corrected chi connectivity index (χ1v) is 6.60. The molecule has 1 heterocycles. The summed E-state index contributed by atoms with van der Waals surface area (Å²) >= 11 is 0.